The Morgan fingerprint density at radius 3 is 2.21 bits per heavy atom. The Bertz CT molecular complexity index is 319. The summed E-state index contributed by atoms with van der Waals surface area (Å²) in [6.07, 6.45) is 11.0. The van der Waals surface area contributed by atoms with E-state index in [1.807, 2.05) is 13.0 Å². The first-order chi connectivity index (χ1) is 9.24. The number of rotatable bonds is 11. The number of aryl methyl sites for hydroxylation is 1. The Kier molecular flexibility index (Phi) is 8.64. The second-order valence-corrected chi connectivity index (χ2v) is 5.60. The zero-order valence-electron chi connectivity index (χ0n) is 13.0. The zero-order valence-corrected chi connectivity index (χ0v) is 13.0. The molecular weight excluding hydrogens is 234 g/mol. The molecule has 0 spiro atoms. The molecule has 19 heavy (non-hydrogen) atoms. The molecule has 0 aliphatic carbocycles. The summed E-state index contributed by atoms with van der Waals surface area (Å²) in [5.41, 5.74) is 0. The number of hydrogen-bond donors (Lipinski definition) is 1. The lowest BCUT2D eigenvalue weighted by Crippen LogP contribution is -2.19. The molecule has 0 aliphatic heterocycles. The van der Waals surface area contributed by atoms with E-state index in [1.54, 1.807) is 0 Å². The first-order valence-corrected chi connectivity index (χ1v) is 8.03. The van der Waals surface area contributed by atoms with Gasteiger partial charge in [-0.15, -0.1) is 0 Å². The molecule has 1 atom stereocenters. The van der Waals surface area contributed by atoms with Gasteiger partial charge in [-0.05, 0) is 38.9 Å². The van der Waals surface area contributed by atoms with Crippen molar-refractivity contribution in [2.75, 3.05) is 6.54 Å². The summed E-state index contributed by atoms with van der Waals surface area (Å²) in [4.78, 5) is 0. The molecule has 1 N–H and O–H groups in total. The smallest absolute Gasteiger partial charge is 0.120 e. The lowest BCUT2D eigenvalue weighted by molar-refractivity contribution is 0.412. The van der Waals surface area contributed by atoms with Crippen LogP contribution in [0.5, 0.6) is 0 Å². The maximum absolute atomic E-state index is 5.62. The molecule has 0 fully saturated rings. The van der Waals surface area contributed by atoms with Crippen molar-refractivity contribution in [1.82, 2.24) is 5.32 Å². The van der Waals surface area contributed by atoms with Gasteiger partial charge in [-0.3, -0.25) is 0 Å². The van der Waals surface area contributed by atoms with Crippen molar-refractivity contribution in [3.8, 4) is 0 Å². The van der Waals surface area contributed by atoms with Gasteiger partial charge in [-0.25, -0.2) is 0 Å². The molecule has 0 radical (unpaired) electrons. The molecule has 0 saturated heterocycles. The quantitative estimate of drug-likeness (QED) is 0.543. The topological polar surface area (TPSA) is 25.2 Å². The highest BCUT2D eigenvalue weighted by Crippen LogP contribution is 2.15. The van der Waals surface area contributed by atoms with Gasteiger partial charge in [-0.2, -0.15) is 0 Å². The molecule has 1 aromatic rings. The van der Waals surface area contributed by atoms with E-state index < -0.39 is 0 Å². The number of nitrogens with one attached hydrogen (secondary N) is 1. The second-order valence-electron chi connectivity index (χ2n) is 5.60. The van der Waals surface area contributed by atoms with Crippen LogP contribution in [-0.4, -0.2) is 6.54 Å². The summed E-state index contributed by atoms with van der Waals surface area (Å²) in [6, 6.07) is 4.43. The van der Waals surface area contributed by atoms with Crippen LogP contribution in [0.15, 0.2) is 16.5 Å². The van der Waals surface area contributed by atoms with Crippen molar-refractivity contribution in [1.29, 1.82) is 0 Å². The zero-order chi connectivity index (χ0) is 13.9. The van der Waals surface area contributed by atoms with Gasteiger partial charge < -0.3 is 9.73 Å². The predicted molar refractivity (Wildman–Crippen MR) is 82.5 cm³/mol. The summed E-state index contributed by atoms with van der Waals surface area (Å²) < 4.78 is 5.62. The third kappa shape index (κ3) is 7.41. The molecular formula is C17H31NO. The molecule has 2 nitrogen and oxygen atoms in total. The second kappa shape index (κ2) is 10.1. The third-order valence-electron chi connectivity index (χ3n) is 3.67. The summed E-state index contributed by atoms with van der Waals surface area (Å²) in [7, 11) is 0. The number of furan rings is 1. The van der Waals surface area contributed by atoms with Gasteiger partial charge in [0.2, 0.25) is 0 Å². The Labute approximate surface area is 119 Å². The number of unbranched alkanes of at least 4 members (excludes halogenated alkanes) is 7. The predicted octanol–water partition coefficient (Wildman–Crippen LogP) is 5.38. The van der Waals surface area contributed by atoms with Gasteiger partial charge in [0.05, 0.1) is 6.04 Å². The van der Waals surface area contributed by atoms with Crippen molar-refractivity contribution < 1.29 is 4.42 Å². The van der Waals surface area contributed by atoms with Crippen LogP contribution in [0.1, 0.15) is 82.8 Å². The maximum atomic E-state index is 5.62. The van der Waals surface area contributed by atoms with Gasteiger partial charge in [0.1, 0.15) is 11.5 Å². The highest BCUT2D eigenvalue weighted by molar-refractivity contribution is 5.08. The lowest BCUT2D eigenvalue weighted by Gasteiger charge is -2.11. The minimum atomic E-state index is 0.332. The van der Waals surface area contributed by atoms with Crippen LogP contribution in [0.2, 0.25) is 0 Å². The molecule has 2 heteroatoms. The molecule has 1 heterocycles. The minimum Gasteiger partial charge on any atom is -0.465 e. The van der Waals surface area contributed by atoms with Crippen LogP contribution in [0, 0.1) is 6.92 Å². The largest absolute Gasteiger partial charge is 0.465 e. The normalized spacial score (nSPS) is 12.8. The summed E-state index contributed by atoms with van der Waals surface area (Å²) >= 11 is 0. The standard InChI is InChI=1S/C17H31NO/c1-4-5-6-7-8-9-10-11-14-18-16(3)17-13-12-15(2)19-17/h12-13,16,18H,4-11,14H2,1-3H3. The summed E-state index contributed by atoms with van der Waals surface area (Å²) in [5, 5.41) is 3.53. The average molecular weight is 265 g/mol. The molecule has 0 saturated carbocycles. The molecule has 1 unspecified atom stereocenters. The van der Waals surface area contributed by atoms with Crippen LogP contribution in [0.3, 0.4) is 0 Å². The van der Waals surface area contributed by atoms with E-state index in [0.29, 0.717) is 6.04 Å². The van der Waals surface area contributed by atoms with E-state index >= 15 is 0 Å². The van der Waals surface area contributed by atoms with E-state index in [2.05, 4.69) is 25.2 Å². The van der Waals surface area contributed by atoms with Crippen LogP contribution in [-0.2, 0) is 0 Å². The molecule has 1 rings (SSSR count). The highest BCUT2D eigenvalue weighted by Gasteiger charge is 2.07. The van der Waals surface area contributed by atoms with Crippen molar-refractivity contribution >= 4 is 0 Å². The van der Waals surface area contributed by atoms with E-state index in [-0.39, 0.29) is 0 Å². The van der Waals surface area contributed by atoms with Crippen LogP contribution in [0.4, 0.5) is 0 Å². The fraction of sp³-hybridized carbons (Fsp3) is 0.765. The Hall–Kier alpha value is -0.760. The molecule has 0 aliphatic rings. The highest BCUT2D eigenvalue weighted by atomic mass is 16.3. The van der Waals surface area contributed by atoms with Crippen molar-refractivity contribution in [3.63, 3.8) is 0 Å². The third-order valence-corrected chi connectivity index (χ3v) is 3.67. The fourth-order valence-electron chi connectivity index (χ4n) is 2.36. The first kappa shape index (κ1) is 16.3. The van der Waals surface area contributed by atoms with Gasteiger partial charge in [0, 0.05) is 0 Å². The Morgan fingerprint density at radius 1 is 1.00 bits per heavy atom. The summed E-state index contributed by atoms with van der Waals surface area (Å²) in [6.45, 7) is 7.53. The fourth-order valence-corrected chi connectivity index (χ4v) is 2.36. The van der Waals surface area contributed by atoms with Crippen molar-refractivity contribution in [2.24, 2.45) is 0 Å². The lowest BCUT2D eigenvalue weighted by atomic mass is 10.1. The Morgan fingerprint density at radius 2 is 1.63 bits per heavy atom. The van der Waals surface area contributed by atoms with Crippen LogP contribution >= 0.6 is 0 Å². The molecule has 1 aromatic heterocycles. The van der Waals surface area contributed by atoms with Crippen LogP contribution < -0.4 is 5.32 Å². The van der Waals surface area contributed by atoms with Gasteiger partial charge in [0.25, 0.3) is 0 Å². The number of hydrogen-bond acceptors (Lipinski definition) is 2. The van der Waals surface area contributed by atoms with E-state index in [0.717, 1.165) is 18.1 Å². The van der Waals surface area contributed by atoms with E-state index in [9.17, 15) is 0 Å². The molecule has 0 bridgehead atoms. The van der Waals surface area contributed by atoms with Gasteiger partial charge in [-0.1, -0.05) is 51.9 Å². The van der Waals surface area contributed by atoms with Crippen LogP contribution in [0.25, 0.3) is 0 Å². The maximum Gasteiger partial charge on any atom is 0.120 e. The first-order valence-electron chi connectivity index (χ1n) is 8.03. The van der Waals surface area contributed by atoms with Crippen molar-refractivity contribution in [3.05, 3.63) is 23.7 Å². The minimum absolute atomic E-state index is 0.332. The monoisotopic (exact) mass is 265 g/mol. The molecule has 0 amide bonds. The molecule has 0 aromatic carbocycles. The van der Waals surface area contributed by atoms with Gasteiger partial charge >= 0.3 is 0 Å². The SMILES string of the molecule is CCCCCCCCCCNC(C)c1ccc(C)o1. The van der Waals surface area contributed by atoms with E-state index in [1.165, 1.54) is 51.4 Å². The molecule has 110 valence electrons. The van der Waals surface area contributed by atoms with Gasteiger partial charge in [0.15, 0.2) is 0 Å². The Balaban J connectivity index is 1.93. The van der Waals surface area contributed by atoms with Crippen molar-refractivity contribution in [2.45, 2.75) is 78.2 Å². The summed E-state index contributed by atoms with van der Waals surface area (Å²) in [5.74, 6) is 2.05. The van der Waals surface area contributed by atoms with E-state index in [4.69, 9.17) is 4.42 Å². The average Bonchev–Trinajstić information content (AvgIpc) is 2.83.